The number of aliphatic hydroxyl groups excluding tert-OH is 2. The van der Waals surface area contributed by atoms with Gasteiger partial charge >= 0.3 is 5.97 Å². The standard InChI is InChI=1S/C22H30O6/c1-20-8-6-13(23)10-12(20)4-5-14-15-7-9-22(27,18(25)19(26)28-3)21(15,2)11-16(24)17(14)20/h6,8,10,14-18,24-25,27H,4-5,7,9,11H2,1-3H3/t14-,15-,16?,17+,18+,20-,21-,22-/m0/s1. The van der Waals surface area contributed by atoms with Crippen LogP contribution in [0.25, 0.3) is 0 Å². The van der Waals surface area contributed by atoms with Crippen LogP contribution in [-0.2, 0) is 14.3 Å². The number of esters is 1. The van der Waals surface area contributed by atoms with Crippen LogP contribution in [0.2, 0.25) is 0 Å². The predicted octanol–water partition coefficient (Wildman–Crippen LogP) is 1.53. The molecule has 0 aromatic heterocycles. The van der Waals surface area contributed by atoms with Gasteiger partial charge in [0.05, 0.1) is 13.2 Å². The maximum Gasteiger partial charge on any atom is 0.337 e. The molecular formula is C22H30O6. The first-order valence-electron chi connectivity index (χ1n) is 10.2. The van der Waals surface area contributed by atoms with Gasteiger partial charge in [-0.2, -0.15) is 0 Å². The number of rotatable bonds is 2. The Balaban J connectivity index is 1.72. The monoisotopic (exact) mass is 390 g/mol. The number of fused-ring (bicyclic) bond motifs is 5. The third-order valence-electron chi connectivity index (χ3n) is 8.59. The zero-order chi connectivity index (χ0) is 20.5. The van der Waals surface area contributed by atoms with Gasteiger partial charge in [0.25, 0.3) is 0 Å². The average Bonchev–Trinajstić information content (AvgIpc) is 2.92. The molecular weight excluding hydrogens is 360 g/mol. The van der Waals surface area contributed by atoms with Gasteiger partial charge in [-0.25, -0.2) is 4.79 Å². The van der Waals surface area contributed by atoms with Gasteiger partial charge in [-0.3, -0.25) is 4.79 Å². The molecule has 3 saturated carbocycles. The summed E-state index contributed by atoms with van der Waals surface area (Å²) in [6.45, 7) is 3.99. The minimum absolute atomic E-state index is 0.00231. The molecule has 28 heavy (non-hydrogen) atoms. The van der Waals surface area contributed by atoms with Crippen LogP contribution < -0.4 is 0 Å². The van der Waals surface area contributed by atoms with Crippen molar-refractivity contribution in [1.29, 1.82) is 0 Å². The van der Waals surface area contributed by atoms with Crippen LogP contribution in [0.1, 0.15) is 46.0 Å². The number of carbonyl (C=O) groups excluding carboxylic acids is 2. The van der Waals surface area contributed by atoms with Gasteiger partial charge in [0.15, 0.2) is 11.9 Å². The van der Waals surface area contributed by atoms with E-state index in [2.05, 4.69) is 11.7 Å². The summed E-state index contributed by atoms with van der Waals surface area (Å²) in [6, 6.07) is 0. The second-order valence-corrected chi connectivity index (χ2v) is 9.60. The molecule has 3 N–H and O–H groups in total. The lowest BCUT2D eigenvalue weighted by Crippen LogP contribution is -2.63. The van der Waals surface area contributed by atoms with Gasteiger partial charge in [0.2, 0.25) is 0 Å². The van der Waals surface area contributed by atoms with Crippen molar-refractivity contribution in [3.8, 4) is 0 Å². The highest BCUT2D eigenvalue weighted by Crippen LogP contribution is 2.67. The van der Waals surface area contributed by atoms with Crippen molar-refractivity contribution >= 4 is 11.8 Å². The number of aliphatic hydroxyl groups is 3. The molecule has 0 saturated heterocycles. The van der Waals surface area contributed by atoms with Crippen molar-refractivity contribution in [3.63, 3.8) is 0 Å². The number of hydrogen-bond acceptors (Lipinski definition) is 6. The SMILES string of the molecule is COC(=O)[C@@H](O)[C@@]1(O)CC[C@H]2[C@@H]3CCC4=CC(=O)C=C[C@]4(C)[C@H]3C(O)C[C@@]21C. The molecule has 0 aromatic carbocycles. The molecule has 0 bridgehead atoms. The van der Waals surface area contributed by atoms with E-state index in [1.54, 1.807) is 12.2 Å². The van der Waals surface area contributed by atoms with Crippen LogP contribution in [0.5, 0.6) is 0 Å². The maximum absolute atomic E-state index is 12.0. The first-order valence-corrected chi connectivity index (χ1v) is 10.2. The van der Waals surface area contributed by atoms with Crippen LogP contribution >= 0.6 is 0 Å². The zero-order valence-electron chi connectivity index (χ0n) is 16.7. The molecule has 0 aliphatic heterocycles. The third-order valence-corrected chi connectivity index (χ3v) is 8.59. The van der Waals surface area contributed by atoms with Crippen molar-refractivity contribution in [3.05, 3.63) is 23.8 Å². The fraction of sp³-hybridized carbons (Fsp3) is 0.727. The number of hydrogen-bond donors (Lipinski definition) is 3. The molecule has 154 valence electrons. The van der Waals surface area contributed by atoms with E-state index < -0.39 is 29.2 Å². The number of ether oxygens (including phenoxy) is 1. The van der Waals surface area contributed by atoms with Gasteiger partial charge in [-0.15, -0.1) is 0 Å². The predicted molar refractivity (Wildman–Crippen MR) is 101 cm³/mol. The van der Waals surface area contributed by atoms with E-state index >= 15 is 0 Å². The number of carbonyl (C=O) groups is 2. The van der Waals surface area contributed by atoms with Gasteiger partial charge in [0, 0.05) is 16.7 Å². The average molecular weight is 390 g/mol. The first kappa shape index (κ1) is 19.8. The highest BCUT2D eigenvalue weighted by atomic mass is 16.5. The molecule has 0 heterocycles. The minimum atomic E-state index is -1.63. The Morgan fingerprint density at radius 3 is 2.71 bits per heavy atom. The van der Waals surface area contributed by atoms with Crippen LogP contribution in [0.15, 0.2) is 23.8 Å². The third kappa shape index (κ3) is 2.37. The van der Waals surface area contributed by atoms with Crippen LogP contribution in [0.4, 0.5) is 0 Å². The molecule has 4 aliphatic rings. The van der Waals surface area contributed by atoms with E-state index in [4.69, 9.17) is 0 Å². The topological polar surface area (TPSA) is 104 Å². The quantitative estimate of drug-likeness (QED) is 0.618. The van der Waals surface area contributed by atoms with Crippen molar-refractivity contribution in [1.82, 2.24) is 0 Å². The lowest BCUT2D eigenvalue weighted by atomic mass is 9.46. The Kier molecular flexibility index (Phi) is 4.42. The molecule has 0 amide bonds. The Morgan fingerprint density at radius 1 is 1.32 bits per heavy atom. The summed E-state index contributed by atoms with van der Waals surface area (Å²) >= 11 is 0. The van der Waals surface area contributed by atoms with Crippen molar-refractivity contribution in [2.75, 3.05) is 7.11 Å². The Labute approximate surface area is 165 Å². The second kappa shape index (κ2) is 6.25. The minimum Gasteiger partial charge on any atom is -0.467 e. The Morgan fingerprint density at radius 2 is 2.04 bits per heavy atom. The number of methoxy groups -OCH3 is 1. The normalized spacial score (nSPS) is 48.2. The highest BCUT2D eigenvalue weighted by molar-refractivity contribution is 6.01. The van der Waals surface area contributed by atoms with E-state index in [0.717, 1.165) is 18.4 Å². The number of ketones is 1. The lowest BCUT2D eigenvalue weighted by molar-refractivity contribution is -0.209. The fourth-order valence-electron chi connectivity index (χ4n) is 7.12. The molecule has 3 fully saturated rings. The summed E-state index contributed by atoms with van der Waals surface area (Å²) in [6.07, 6.45) is 5.82. The van der Waals surface area contributed by atoms with E-state index in [1.807, 2.05) is 13.0 Å². The summed E-state index contributed by atoms with van der Waals surface area (Å²) in [7, 11) is 1.20. The van der Waals surface area contributed by atoms with Crippen molar-refractivity contribution in [2.24, 2.45) is 28.6 Å². The van der Waals surface area contributed by atoms with Crippen LogP contribution in [0, 0.1) is 28.6 Å². The Bertz CT molecular complexity index is 771. The molecule has 6 heteroatoms. The smallest absolute Gasteiger partial charge is 0.337 e. The fourth-order valence-corrected chi connectivity index (χ4v) is 7.12. The molecule has 1 unspecified atom stereocenters. The van der Waals surface area contributed by atoms with Gasteiger partial charge in [-0.05, 0) is 56.1 Å². The van der Waals surface area contributed by atoms with Gasteiger partial charge < -0.3 is 20.1 Å². The molecule has 8 atom stereocenters. The summed E-state index contributed by atoms with van der Waals surface area (Å²) in [4.78, 5) is 23.9. The molecule has 0 aromatic rings. The molecule has 4 rings (SSSR count). The molecule has 6 nitrogen and oxygen atoms in total. The molecule has 0 radical (unpaired) electrons. The van der Waals surface area contributed by atoms with Crippen molar-refractivity contribution < 1.29 is 29.6 Å². The molecule has 0 spiro atoms. The summed E-state index contributed by atoms with van der Waals surface area (Å²) in [5.74, 6) is -0.664. The molecule has 4 aliphatic carbocycles. The second-order valence-electron chi connectivity index (χ2n) is 9.60. The highest BCUT2D eigenvalue weighted by Gasteiger charge is 2.68. The first-order chi connectivity index (χ1) is 13.1. The largest absolute Gasteiger partial charge is 0.467 e. The van der Waals surface area contributed by atoms with Crippen molar-refractivity contribution in [2.45, 2.75) is 63.8 Å². The van der Waals surface area contributed by atoms with E-state index in [1.165, 1.54) is 7.11 Å². The Hall–Kier alpha value is -1.50. The zero-order valence-corrected chi connectivity index (χ0v) is 16.7. The van der Waals surface area contributed by atoms with E-state index in [-0.39, 0.29) is 29.0 Å². The summed E-state index contributed by atoms with van der Waals surface area (Å²) < 4.78 is 4.68. The number of allylic oxidation sites excluding steroid dienone is 4. The lowest BCUT2D eigenvalue weighted by Gasteiger charge is -2.60. The van der Waals surface area contributed by atoms with E-state index in [0.29, 0.717) is 19.3 Å². The van der Waals surface area contributed by atoms with Crippen LogP contribution in [0.3, 0.4) is 0 Å². The summed E-state index contributed by atoms with van der Waals surface area (Å²) in [5, 5.41) is 33.2. The van der Waals surface area contributed by atoms with Gasteiger partial charge in [0.1, 0.15) is 5.60 Å². The van der Waals surface area contributed by atoms with Crippen LogP contribution in [-0.4, -0.2) is 52.0 Å². The summed E-state index contributed by atoms with van der Waals surface area (Å²) in [5.41, 5.74) is -1.70. The maximum atomic E-state index is 12.0. The van der Waals surface area contributed by atoms with Gasteiger partial charge in [-0.1, -0.05) is 25.5 Å². The van der Waals surface area contributed by atoms with E-state index in [9.17, 15) is 24.9 Å².